The lowest BCUT2D eigenvalue weighted by Crippen LogP contribution is -2.43. The molecule has 0 saturated carbocycles. The Morgan fingerprint density at radius 3 is 2.26 bits per heavy atom. The van der Waals surface area contributed by atoms with Crippen LogP contribution in [0.25, 0.3) is 10.8 Å². The van der Waals surface area contributed by atoms with Gasteiger partial charge in [0.05, 0.1) is 6.54 Å². The van der Waals surface area contributed by atoms with Gasteiger partial charge in [-0.1, -0.05) is 92.2 Å². The normalized spacial score (nSPS) is 11.0. The molecule has 1 aromatic heterocycles. The number of benzene rings is 4. The van der Waals surface area contributed by atoms with E-state index in [9.17, 15) is 14.0 Å². The van der Waals surface area contributed by atoms with Crippen LogP contribution in [-0.2, 0) is 24.4 Å². The molecule has 0 spiro atoms. The first-order valence-corrected chi connectivity index (χ1v) is 14.5. The molecule has 0 fully saturated rings. The Labute approximate surface area is 246 Å². The number of unbranched alkanes of at least 4 members (excludes halogenated alkanes) is 1. The maximum absolute atomic E-state index is 14.0. The quantitative estimate of drug-likeness (QED) is 0.160. The summed E-state index contributed by atoms with van der Waals surface area (Å²) in [6.45, 7) is 3.95. The standard InChI is InChI=1S/C36H36FN3O2/c1-2-3-22-39(36(42)34-17-9-14-30-13-7-8-16-33(30)34)27-35(41)40(25-28-11-5-4-6-12-28)26-32-15-10-23-38(32)24-29-18-20-31(37)21-19-29/h4-21,23H,2-3,22,24-27H2,1H3. The van der Waals surface area contributed by atoms with Gasteiger partial charge >= 0.3 is 0 Å². The summed E-state index contributed by atoms with van der Waals surface area (Å²) >= 11 is 0. The van der Waals surface area contributed by atoms with Crippen LogP contribution in [0.4, 0.5) is 4.39 Å². The number of hydrogen-bond acceptors (Lipinski definition) is 2. The Morgan fingerprint density at radius 1 is 0.738 bits per heavy atom. The van der Waals surface area contributed by atoms with Crippen LogP contribution in [0, 0.1) is 5.82 Å². The number of fused-ring (bicyclic) bond motifs is 1. The number of aromatic nitrogens is 1. The van der Waals surface area contributed by atoms with Gasteiger partial charge in [-0.15, -0.1) is 0 Å². The number of carbonyl (C=O) groups excluding carboxylic acids is 2. The first-order valence-electron chi connectivity index (χ1n) is 14.5. The lowest BCUT2D eigenvalue weighted by atomic mass is 10.0. The summed E-state index contributed by atoms with van der Waals surface area (Å²) in [6.07, 6.45) is 3.70. The van der Waals surface area contributed by atoms with Gasteiger partial charge in [0.25, 0.3) is 5.91 Å². The Morgan fingerprint density at radius 2 is 1.48 bits per heavy atom. The van der Waals surface area contributed by atoms with Crippen LogP contribution in [0.5, 0.6) is 0 Å². The van der Waals surface area contributed by atoms with Gasteiger partial charge < -0.3 is 14.4 Å². The van der Waals surface area contributed by atoms with Crippen LogP contribution >= 0.6 is 0 Å². The molecule has 0 radical (unpaired) electrons. The predicted molar refractivity (Wildman–Crippen MR) is 165 cm³/mol. The van der Waals surface area contributed by atoms with Gasteiger partial charge in [-0.05, 0) is 58.7 Å². The van der Waals surface area contributed by atoms with E-state index in [-0.39, 0.29) is 24.2 Å². The smallest absolute Gasteiger partial charge is 0.254 e. The zero-order chi connectivity index (χ0) is 29.3. The van der Waals surface area contributed by atoms with Crippen molar-refractivity contribution in [2.75, 3.05) is 13.1 Å². The lowest BCUT2D eigenvalue weighted by molar-refractivity contribution is -0.133. The van der Waals surface area contributed by atoms with Gasteiger partial charge in [0.1, 0.15) is 12.4 Å². The Hall–Kier alpha value is -4.71. The van der Waals surface area contributed by atoms with Gasteiger partial charge in [-0.25, -0.2) is 4.39 Å². The highest BCUT2D eigenvalue weighted by molar-refractivity contribution is 6.07. The Balaban J connectivity index is 1.40. The van der Waals surface area contributed by atoms with Crippen LogP contribution in [0.2, 0.25) is 0 Å². The van der Waals surface area contributed by atoms with E-state index in [4.69, 9.17) is 0 Å². The molecular formula is C36H36FN3O2. The first-order chi connectivity index (χ1) is 20.5. The predicted octanol–water partition coefficient (Wildman–Crippen LogP) is 7.30. The van der Waals surface area contributed by atoms with Crippen molar-refractivity contribution in [1.29, 1.82) is 0 Å². The van der Waals surface area contributed by atoms with Crippen LogP contribution < -0.4 is 0 Å². The highest BCUT2D eigenvalue weighted by Crippen LogP contribution is 2.21. The molecule has 5 rings (SSSR count). The highest BCUT2D eigenvalue weighted by atomic mass is 19.1. The average molecular weight is 562 g/mol. The number of halogens is 1. The largest absolute Gasteiger partial charge is 0.345 e. The maximum atomic E-state index is 14.0. The maximum Gasteiger partial charge on any atom is 0.254 e. The molecule has 5 nitrogen and oxygen atoms in total. The van der Waals surface area contributed by atoms with Crippen LogP contribution in [-0.4, -0.2) is 39.3 Å². The van der Waals surface area contributed by atoms with E-state index in [1.54, 1.807) is 17.0 Å². The van der Waals surface area contributed by atoms with E-state index in [0.29, 0.717) is 31.7 Å². The van der Waals surface area contributed by atoms with Crippen molar-refractivity contribution >= 4 is 22.6 Å². The topological polar surface area (TPSA) is 45.6 Å². The van der Waals surface area contributed by atoms with Crippen molar-refractivity contribution in [2.45, 2.75) is 39.4 Å². The summed E-state index contributed by atoms with van der Waals surface area (Å²) in [6, 6.07) is 33.9. The SMILES string of the molecule is CCCCN(CC(=O)N(Cc1ccccc1)Cc1cccn1Cc1ccc(F)cc1)C(=O)c1cccc2ccccc12. The van der Waals surface area contributed by atoms with Gasteiger partial charge in [0.15, 0.2) is 0 Å². The summed E-state index contributed by atoms with van der Waals surface area (Å²) < 4.78 is 15.5. The van der Waals surface area contributed by atoms with Crippen molar-refractivity contribution < 1.29 is 14.0 Å². The number of carbonyl (C=O) groups is 2. The molecule has 6 heteroatoms. The second-order valence-electron chi connectivity index (χ2n) is 10.6. The number of nitrogens with zero attached hydrogens (tertiary/aromatic N) is 3. The number of hydrogen-bond donors (Lipinski definition) is 0. The molecule has 214 valence electrons. The van der Waals surface area contributed by atoms with E-state index >= 15 is 0 Å². The molecule has 2 amide bonds. The van der Waals surface area contributed by atoms with E-state index in [1.807, 2.05) is 96.0 Å². The van der Waals surface area contributed by atoms with Crippen molar-refractivity contribution in [3.63, 3.8) is 0 Å². The fraction of sp³-hybridized carbons (Fsp3) is 0.222. The molecule has 0 unspecified atom stereocenters. The second kappa shape index (κ2) is 13.8. The number of rotatable bonds is 12. The van der Waals surface area contributed by atoms with Crippen LogP contribution in [0.1, 0.15) is 46.9 Å². The zero-order valence-electron chi connectivity index (χ0n) is 24.0. The van der Waals surface area contributed by atoms with E-state index < -0.39 is 0 Å². The van der Waals surface area contributed by atoms with Gasteiger partial charge in [-0.2, -0.15) is 0 Å². The summed E-state index contributed by atoms with van der Waals surface area (Å²) in [5, 5.41) is 1.89. The first kappa shape index (κ1) is 28.8. The molecule has 42 heavy (non-hydrogen) atoms. The molecule has 0 bridgehead atoms. The van der Waals surface area contributed by atoms with Gasteiger partial charge in [0, 0.05) is 37.1 Å². The van der Waals surface area contributed by atoms with E-state index in [0.717, 1.165) is 40.4 Å². The van der Waals surface area contributed by atoms with Crippen molar-refractivity contribution in [3.8, 4) is 0 Å². The fourth-order valence-electron chi connectivity index (χ4n) is 5.21. The minimum atomic E-state index is -0.267. The van der Waals surface area contributed by atoms with Crippen molar-refractivity contribution in [3.05, 3.63) is 144 Å². The molecule has 0 aliphatic heterocycles. The minimum absolute atomic E-state index is 0.00639. The third kappa shape index (κ3) is 7.13. The van der Waals surface area contributed by atoms with Gasteiger partial charge in [0.2, 0.25) is 5.91 Å². The molecule has 1 heterocycles. The molecule has 0 N–H and O–H groups in total. The Bertz CT molecular complexity index is 1620. The van der Waals surface area contributed by atoms with Gasteiger partial charge in [-0.3, -0.25) is 9.59 Å². The molecule has 5 aromatic rings. The monoisotopic (exact) mass is 561 g/mol. The number of amides is 2. The molecule has 4 aromatic carbocycles. The third-order valence-corrected chi connectivity index (χ3v) is 7.53. The second-order valence-corrected chi connectivity index (χ2v) is 10.6. The Kier molecular flexibility index (Phi) is 9.44. The van der Waals surface area contributed by atoms with Crippen LogP contribution in [0.3, 0.4) is 0 Å². The summed E-state index contributed by atoms with van der Waals surface area (Å²) in [5.74, 6) is -0.511. The zero-order valence-corrected chi connectivity index (χ0v) is 24.0. The van der Waals surface area contributed by atoms with Crippen molar-refractivity contribution in [2.24, 2.45) is 0 Å². The fourth-order valence-corrected chi connectivity index (χ4v) is 5.21. The average Bonchev–Trinajstić information content (AvgIpc) is 3.46. The van der Waals surface area contributed by atoms with Crippen molar-refractivity contribution in [1.82, 2.24) is 14.4 Å². The molecule has 0 aliphatic carbocycles. The molecular weight excluding hydrogens is 525 g/mol. The summed E-state index contributed by atoms with van der Waals surface area (Å²) in [5.41, 5.74) is 3.56. The van der Waals surface area contributed by atoms with E-state index in [2.05, 4.69) is 11.5 Å². The summed E-state index contributed by atoms with van der Waals surface area (Å²) in [7, 11) is 0. The molecule has 0 aliphatic rings. The highest BCUT2D eigenvalue weighted by Gasteiger charge is 2.24. The van der Waals surface area contributed by atoms with E-state index in [1.165, 1.54) is 12.1 Å². The minimum Gasteiger partial charge on any atom is -0.345 e. The van der Waals surface area contributed by atoms with Crippen LogP contribution in [0.15, 0.2) is 115 Å². The third-order valence-electron chi connectivity index (χ3n) is 7.53. The lowest BCUT2D eigenvalue weighted by Gasteiger charge is -2.28. The molecule has 0 atom stereocenters. The summed E-state index contributed by atoms with van der Waals surface area (Å²) in [4.78, 5) is 31.5. The molecule has 0 saturated heterocycles.